The number of carbonyl (C=O) groups is 4. The maximum atomic E-state index is 14.8. The summed E-state index contributed by atoms with van der Waals surface area (Å²) in [6.45, 7) is 8.98. The quantitative estimate of drug-likeness (QED) is 0.227. The summed E-state index contributed by atoms with van der Waals surface area (Å²) < 4.78 is 35.6. The van der Waals surface area contributed by atoms with Crippen LogP contribution in [-0.4, -0.2) is 94.1 Å². The number of esters is 3. The molecule has 2 saturated heterocycles. The maximum absolute atomic E-state index is 14.8. The lowest BCUT2D eigenvalue weighted by molar-refractivity contribution is -0.382. The van der Waals surface area contributed by atoms with Gasteiger partial charge in [0, 0.05) is 42.4 Å². The molecule has 1 spiro atoms. The summed E-state index contributed by atoms with van der Waals surface area (Å²) in [4.78, 5) is 53.1. The van der Waals surface area contributed by atoms with E-state index in [0.29, 0.717) is 12.8 Å². The number of ether oxygens (including phenoxy) is 5. The zero-order chi connectivity index (χ0) is 34.0. The number of fused-ring (bicyclic) bond motifs is 1. The smallest absolute Gasteiger partial charge is 0.310 e. The summed E-state index contributed by atoms with van der Waals surface area (Å²) in [6, 6.07) is 1.80. The van der Waals surface area contributed by atoms with E-state index in [1.807, 2.05) is 13.8 Å². The minimum absolute atomic E-state index is 0.00626. The molecule has 6 aliphatic rings. The molecule has 2 aliphatic heterocycles. The Hall–Kier alpha value is -2.84. The molecule has 0 aromatic carbocycles. The van der Waals surface area contributed by atoms with Gasteiger partial charge in [-0.15, -0.1) is 0 Å². The van der Waals surface area contributed by atoms with Gasteiger partial charge in [0.1, 0.15) is 17.8 Å². The van der Waals surface area contributed by atoms with Gasteiger partial charge in [0.05, 0.1) is 42.7 Å². The van der Waals surface area contributed by atoms with E-state index >= 15 is 0 Å². The Balaban J connectivity index is 1.39. The summed E-state index contributed by atoms with van der Waals surface area (Å²) >= 11 is 0. The highest BCUT2D eigenvalue weighted by atomic mass is 16.7. The van der Waals surface area contributed by atoms with Crippen LogP contribution in [0.4, 0.5) is 0 Å². The molecule has 7 rings (SSSR count). The van der Waals surface area contributed by atoms with Gasteiger partial charge in [0.25, 0.3) is 0 Å². The van der Waals surface area contributed by atoms with Crippen molar-refractivity contribution in [2.45, 2.75) is 115 Å². The molecule has 13 heteroatoms. The van der Waals surface area contributed by atoms with E-state index in [4.69, 9.17) is 28.1 Å². The average molecular weight is 661 g/mol. The van der Waals surface area contributed by atoms with Gasteiger partial charge in [-0.3, -0.25) is 19.2 Å². The van der Waals surface area contributed by atoms with Crippen LogP contribution in [0.1, 0.15) is 72.3 Å². The van der Waals surface area contributed by atoms with Gasteiger partial charge >= 0.3 is 17.9 Å². The van der Waals surface area contributed by atoms with Gasteiger partial charge in [-0.2, -0.15) is 0 Å². The second-order valence-corrected chi connectivity index (χ2v) is 15.1. The van der Waals surface area contributed by atoms with Gasteiger partial charge in [-0.05, 0) is 43.7 Å². The molecule has 47 heavy (non-hydrogen) atoms. The minimum atomic E-state index is -1.64. The van der Waals surface area contributed by atoms with Crippen molar-refractivity contribution < 1.29 is 62.6 Å². The Morgan fingerprint density at radius 3 is 2.38 bits per heavy atom. The first kappa shape index (κ1) is 32.7. The van der Waals surface area contributed by atoms with Crippen LogP contribution in [0.25, 0.3) is 0 Å². The van der Waals surface area contributed by atoms with Crippen LogP contribution < -0.4 is 0 Å². The zero-order valence-electron chi connectivity index (χ0n) is 27.4. The van der Waals surface area contributed by atoms with Gasteiger partial charge in [-0.1, -0.05) is 20.8 Å². The van der Waals surface area contributed by atoms with Crippen LogP contribution in [0.3, 0.4) is 0 Å². The molecule has 1 aromatic rings. The normalized spacial score (nSPS) is 49.8. The fraction of sp³-hybridized carbons (Fsp3) is 0.765. The van der Waals surface area contributed by atoms with E-state index in [-0.39, 0.29) is 25.0 Å². The number of ketones is 1. The monoisotopic (exact) mass is 660 g/mol. The maximum Gasteiger partial charge on any atom is 0.310 e. The first-order valence-electron chi connectivity index (χ1n) is 16.6. The van der Waals surface area contributed by atoms with E-state index in [1.54, 1.807) is 26.2 Å². The molecule has 1 aromatic heterocycles. The summed E-state index contributed by atoms with van der Waals surface area (Å²) in [6.07, 6.45) is -4.89. The number of aliphatic hydroxyl groups is 3. The Bertz CT molecular complexity index is 1480. The third-order valence-electron chi connectivity index (χ3n) is 13.2. The Labute approximate surface area is 272 Å². The van der Waals surface area contributed by atoms with Gasteiger partial charge in [0.15, 0.2) is 18.0 Å². The molecule has 6 fully saturated rings. The Morgan fingerprint density at radius 1 is 1.06 bits per heavy atom. The second kappa shape index (κ2) is 10.6. The van der Waals surface area contributed by atoms with E-state index in [2.05, 4.69) is 0 Å². The lowest BCUT2D eigenvalue weighted by Crippen LogP contribution is -2.82. The highest BCUT2D eigenvalue weighted by Crippen LogP contribution is 2.79. The third kappa shape index (κ3) is 3.94. The molecule has 3 N–H and O–H groups in total. The number of rotatable bonds is 6. The summed E-state index contributed by atoms with van der Waals surface area (Å²) in [5.41, 5.74) is -4.52. The molecule has 16 unspecified atom stereocenters. The summed E-state index contributed by atoms with van der Waals surface area (Å²) in [5.74, 6) is -6.43. The molecule has 4 saturated carbocycles. The predicted octanol–water partition coefficient (Wildman–Crippen LogP) is 1.64. The highest BCUT2D eigenvalue weighted by Gasteiger charge is 2.89. The van der Waals surface area contributed by atoms with E-state index < -0.39 is 106 Å². The van der Waals surface area contributed by atoms with Gasteiger partial charge < -0.3 is 43.4 Å². The Morgan fingerprint density at radius 2 is 1.77 bits per heavy atom. The van der Waals surface area contributed by atoms with Crippen molar-refractivity contribution in [3.05, 3.63) is 24.2 Å². The van der Waals surface area contributed by atoms with Gasteiger partial charge in [-0.25, -0.2) is 0 Å². The lowest BCUT2D eigenvalue weighted by Gasteiger charge is -2.71. The van der Waals surface area contributed by atoms with E-state index in [0.717, 1.165) is 12.5 Å². The number of hydrogen-bond acceptors (Lipinski definition) is 13. The molecular weight excluding hydrogens is 616 g/mol. The highest BCUT2D eigenvalue weighted by molar-refractivity contribution is 5.90. The number of aliphatic hydroxyl groups excluding tert-OH is 3. The van der Waals surface area contributed by atoms with Crippen molar-refractivity contribution in [1.82, 2.24) is 0 Å². The Kier molecular flexibility index (Phi) is 7.36. The molecule has 16 atom stereocenters. The standard InChI is InChI=1S/C34H44O13/c1-7-14(2)29(41)46-30-31(5)20-11-19(37)22-23(33(20,13-43-30)27(40)25(44-15(3)35)28(31)45-16(4)36)24(38)26(39)32(6)18(17-8-9-42-12-17)10-21-34(22,32)47-21/h8-9,12,14,18-23,25-28,30,37,39-40H,7,10-11,13H2,1-6H3. The van der Waals surface area contributed by atoms with E-state index in [9.17, 15) is 34.5 Å². The van der Waals surface area contributed by atoms with Crippen molar-refractivity contribution >= 4 is 23.7 Å². The molecule has 4 aliphatic carbocycles. The van der Waals surface area contributed by atoms with Crippen LogP contribution in [0.15, 0.2) is 23.0 Å². The number of Topliss-reactive ketones (excluding diaryl/α,β-unsaturated/α-hetero) is 1. The summed E-state index contributed by atoms with van der Waals surface area (Å²) in [7, 11) is 0. The van der Waals surface area contributed by atoms with Crippen molar-refractivity contribution in [2.75, 3.05) is 6.61 Å². The fourth-order valence-electron chi connectivity index (χ4n) is 10.9. The van der Waals surface area contributed by atoms with Gasteiger partial charge in [0.2, 0.25) is 6.29 Å². The van der Waals surface area contributed by atoms with Crippen LogP contribution in [0.5, 0.6) is 0 Å². The van der Waals surface area contributed by atoms with Crippen LogP contribution in [0.2, 0.25) is 0 Å². The fourth-order valence-corrected chi connectivity index (χ4v) is 10.9. The first-order chi connectivity index (χ1) is 22.1. The largest absolute Gasteiger partial charge is 0.472 e. The number of furan rings is 1. The number of epoxide rings is 1. The molecular formula is C34H44O13. The molecule has 0 amide bonds. The molecule has 13 nitrogen and oxygen atoms in total. The lowest BCUT2D eigenvalue weighted by atomic mass is 9.37. The van der Waals surface area contributed by atoms with Crippen molar-refractivity contribution in [3.63, 3.8) is 0 Å². The second-order valence-electron chi connectivity index (χ2n) is 15.1. The molecule has 2 bridgehead atoms. The van der Waals surface area contributed by atoms with Crippen LogP contribution >= 0.6 is 0 Å². The van der Waals surface area contributed by atoms with Crippen molar-refractivity contribution in [1.29, 1.82) is 0 Å². The first-order valence-corrected chi connectivity index (χ1v) is 16.6. The summed E-state index contributed by atoms with van der Waals surface area (Å²) in [5, 5.41) is 36.7. The van der Waals surface area contributed by atoms with Crippen molar-refractivity contribution in [3.8, 4) is 0 Å². The topological polar surface area (TPSA) is 192 Å². The average Bonchev–Trinajstić information content (AvgIpc) is 3.34. The van der Waals surface area contributed by atoms with Crippen molar-refractivity contribution in [2.24, 2.45) is 39.9 Å². The molecule has 258 valence electrons. The SMILES string of the molecule is CCC(C)C(=O)OC1OCC23C(O)C(OC(C)=O)C(OC(C)=O)C1(C)C2CC(O)C1C3C(=O)C(O)C2(C)C(c3ccoc3)CC3OC312. The predicted molar refractivity (Wildman–Crippen MR) is 157 cm³/mol. The van der Waals surface area contributed by atoms with Crippen LogP contribution in [-0.2, 0) is 42.9 Å². The molecule has 3 heterocycles. The van der Waals surface area contributed by atoms with Crippen LogP contribution in [0, 0.1) is 39.9 Å². The number of carbonyl (C=O) groups excluding carboxylic acids is 4. The third-order valence-corrected chi connectivity index (χ3v) is 13.2. The molecule has 0 radical (unpaired) electrons. The minimum Gasteiger partial charge on any atom is -0.472 e. The van der Waals surface area contributed by atoms with E-state index in [1.165, 1.54) is 13.2 Å². The number of hydrogen-bond donors (Lipinski definition) is 3. The zero-order valence-corrected chi connectivity index (χ0v) is 27.4.